The third kappa shape index (κ3) is 10.00. The van der Waals surface area contributed by atoms with E-state index >= 15 is 0 Å². The first kappa shape index (κ1) is 28.9. The van der Waals surface area contributed by atoms with Gasteiger partial charge in [-0.05, 0) is 87.7 Å². The van der Waals surface area contributed by atoms with Gasteiger partial charge in [0.05, 0.1) is 6.54 Å². The summed E-state index contributed by atoms with van der Waals surface area (Å²) in [6.45, 7) is 8.58. The Balaban J connectivity index is 1.33. The van der Waals surface area contributed by atoms with E-state index in [0.717, 1.165) is 48.9 Å². The van der Waals surface area contributed by atoms with Crippen molar-refractivity contribution in [3.05, 3.63) is 84.4 Å². The Bertz CT molecular complexity index is 1160. The van der Waals surface area contributed by atoms with Gasteiger partial charge in [0, 0.05) is 23.3 Å². The number of anilines is 2. The number of likely N-dealkylation sites (N-methyl/N-ethyl adjacent to an activating group) is 1. The smallest absolute Gasteiger partial charge is 0.238 e. The summed E-state index contributed by atoms with van der Waals surface area (Å²) in [4.78, 5) is 28.9. The van der Waals surface area contributed by atoms with Gasteiger partial charge in [-0.1, -0.05) is 51.1 Å². The minimum atomic E-state index is -0.420. The maximum atomic E-state index is 12.5. The van der Waals surface area contributed by atoms with Crippen molar-refractivity contribution in [1.29, 1.82) is 0 Å². The molecule has 0 heterocycles. The second kappa shape index (κ2) is 13.7. The van der Waals surface area contributed by atoms with E-state index in [1.807, 2.05) is 112 Å². The van der Waals surface area contributed by atoms with Gasteiger partial charge in [0.15, 0.2) is 0 Å². The van der Waals surface area contributed by atoms with Crippen LogP contribution in [0.1, 0.15) is 32.8 Å². The lowest BCUT2D eigenvalue weighted by atomic mass is 9.95. The van der Waals surface area contributed by atoms with E-state index in [-0.39, 0.29) is 11.8 Å². The average molecular weight is 517 g/mol. The van der Waals surface area contributed by atoms with E-state index in [0.29, 0.717) is 6.54 Å². The zero-order valence-electron chi connectivity index (χ0n) is 23.2. The Morgan fingerprint density at radius 1 is 0.737 bits per heavy atom. The molecule has 3 rings (SSSR count). The van der Waals surface area contributed by atoms with E-state index < -0.39 is 5.41 Å². The number of benzene rings is 3. The van der Waals surface area contributed by atoms with E-state index in [1.54, 1.807) is 0 Å². The molecule has 3 aromatic carbocycles. The topological polar surface area (TPSA) is 73.9 Å². The van der Waals surface area contributed by atoms with Crippen LogP contribution in [0.15, 0.2) is 78.9 Å². The average Bonchev–Trinajstić information content (AvgIpc) is 2.86. The summed E-state index contributed by atoms with van der Waals surface area (Å²) in [6.07, 6.45) is 0.950. The number of carbonyl (C=O) groups is 2. The summed E-state index contributed by atoms with van der Waals surface area (Å²) < 4.78 is 5.79. The van der Waals surface area contributed by atoms with Crippen LogP contribution in [0.25, 0.3) is 0 Å². The fourth-order valence-corrected chi connectivity index (χ4v) is 3.77. The Hall–Kier alpha value is -3.68. The van der Waals surface area contributed by atoms with Gasteiger partial charge in [-0.2, -0.15) is 0 Å². The minimum Gasteiger partial charge on any atom is -0.457 e. The molecule has 38 heavy (non-hydrogen) atoms. The Kier molecular flexibility index (Phi) is 10.4. The van der Waals surface area contributed by atoms with Crippen LogP contribution in [0.3, 0.4) is 0 Å². The molecule has 0 aliphatic heterocycles. The summed E-state index contributed by atoms with van der Waals surface area (Å²) in [5.74, 6) is 1.46. The van der Waals surface area contributed by atoms with Crippen LogP contribution in [0.5, 0.6) is 11.5 Å². The first-order chi connectivity index (χ1) is 18.1. The molecule has 202 valence electrons. The monoisotopic (exact) mass is 516 g/mol. The Labute approximate surface area is 226 Å². The second-order valence-electron chi connectivity index (χ2n) is 10.7. The predicted octanol–water partition coefficient (Wildman–Crippen LogP) is 5.86. The highest BCUT2D eigenvalue weighted by Gasteiger charge is 2.21. The normalized spacial score (nSPS) is 11.4. The lowest BCUT2D eigenvalue weighted by Gasteiger charge is -2.21. The molecule has 0 atom stereocenters. The van der Waals surface area contributed by atoms with Crippen LogP contribution in [0.2, 0.25) is 0 Å². The molecule has 0 aromatic heterocycles. The molecule has 0 saturated carbocycles. The summed E-state index contributed by atoms with van der Waals surface area (Å²) in [7, 11) is 4.05. The molecular formula is C31H40N4O3. The summed E-state index contributed by atoms with van der Waals surface area (Å²) >= 11 is 0. The fourth-order valence-electron chi connectivity index (χ4n) is 3.77. The molecule has 0 aliphatic carbocycles. The largest absolute Gasteiger partial charge is 0.457 e. The molecule has 7 nitrogen and oxygen atoms in total. The van der Waals surface area contributed by atoms with Crippen molar-refractivity contribution in [2.24, 2.45) is 5.41 Å². The molecule has 2 N–H and O–H groups in total. The Morgan fingerprint density at radius 3 is 1.92 bits per heavy atom. The third-order valence-electron chi connectivity index (χ3n) is 5.96. The SMILES string of the molecule is CN(CCCN(C)Cc1ccc(NC(=O)C(C)(C)C)cc1)CC(=O)Nc1ccc(Oc2ccccc2)cc1. The first-order valence-corrected chi connectivity index (χ1v) is 13.0. The van der Waals surface area contributed by atoms with Crippen LogP contribution in [0.4, 0.5) is 11.4 Å². The number of hydrogen-bond acceptors (Lipinski definition) is 5. The molecule has 2 amide bonds. The first-order valence-electron chi connectivity index (χ1n) is 13.0. The number of para-hydroxylation sites is 1. The molecule has 3 aromatic rings. The molecular weight excluding hydrogens is 476 g/mol. The van der Waals surface area contributed by atoms with Gasteiger partial charge in [0.1, 0.15) is 11.5 Å². The van der Waals surface area contributed by atoms with Crippen LogP contribution >= 0.6 is 0 Å². The maximum absolute atomic E-state index is 12.5. The number of carbonyl (C=O) groups excluding carboxylic acids is 2. The van der Waals surface area contributed by atoms with Crippen LogP contribution in [-0.4, -0.2) is 55.3 Å². The van der Waals surface area contributed by atoms with Crippen LogP contribution in [-0.2, 0) is 16.1 Å². The quantitative estimate of drug-likeness (QED) is 0.316. The summed E-state index contributed by atoms with van der Waals surface area (Å²) in [6, 6.07) is 25.0. The second-order valence-corrected chi connectivity index (χ2v) is 10.7. The van der Waals surface area contributed by atoms with E-state index in [1.165, 1.54) is 5.56 Å². The zero-order chi connectivity index (χ0) is 27.5. The highest BCUT2D eigenvalue weighted by atomic mass is 16.5. The van der Waals surface area contributed by atoms with Gasteiger partial charge in [0.2, 0.25) is 11.8 Å². The van der Waals surface area contributed by atoms with E-state index in [9.17, 15) is 9.59 Å². The predicted molar refractivity (Wildman–Crippen MR) is 155 cm³/mol. The number of rotatable bonds is 12. The Morgan fingerprint density at radius 2 is 1.29 bits per heavy atom. The van der Waals surface area contributed by atoms with Gasteiger partial charge in [-0.25, -0.2) is 0 Å². The number of nitrogens with one attached hydrogen (secondary N) is 2. The van der Waals surface area contributed by atoms with Crippen molar-refractivity contribution in [2.75, 3.05) is 44.4 Å². The standard InChI is InChI=1S/C31H40N4O3/c1-31(2,3)30(37)33-26-14-12-24(13-15-26)22-34(4)20-9-21-35(5)23-29(36)32-25-16-18-28(19-17-25)38-27-10-7-6-8-11-27/h6-8,10-19H,9,20-23H2,1-5H3,(H,32,36)(H,33,37). The van der Waals surface area contributed by atoms with Gasteiger partial charge in [-0.15, -0.1) is 0 Å². The number of ether oxygens (including phenoxy) is 1. The fraction of sp³-hybridized carbons (Fsp3) is 0.355. The molecule has 0 bridgehead atoms. The molecule has 0 saturated heterocycles. The van der Waals surface area contributed by atoms with Gasteiger partial charge in [0.25, 0.3) is 0 Å². The van der Waals surface area contributed by atoms with Crippen LogP contribution in [0, 0.1) is 5.41 Å². The van der Waals surface area contributed by atoms with Crippen LogP contribution < -0.4 is 15.4 Å². The van der Waals surface area contributed by atoms with Crippen molar-refractivity contribution in [3.63, 3.8) is 0 Å². The molecule has 7 heteroatoms. The van der Waals surface area contributed by atoms with E-state index in [2.05, 4.69) is 22.6 Å². The number of amides is 2. The minimum absolute atomic E-state index is 0.00603. The number of nitrogens with zero attached hydrogens (tertiary/aromatic N) is 2. The lowest BCUT2D eigenvalue weighted by Crippen LogP contribution is -2.32. The summed E-state index contributed by atoms with van der Waals surface area (Å²) in [5.41, 5.74) is 2.32. The van der Waals surface area contributed by atoms with Gasteiger partial charge in [-0.3, -0.25) is 14.5 Å². The van der Waals surface area contributed by atoms with Gasteiger partial charge < -0.3 is 20.3 Å². The molecule has 0 fully saturated rings. The highest BCUT2D eigenvalue weighted by Crippen LogP contribution is 2.22. The zero-order valence-corrected chi connectivity index (χ0v) is 23.2. The van der Waals surface area contributed by atoms with Crippen molar-refractivity contribution >= 4 is 23.2 Å². The third-order valence-corrected chi connectivity index (χ3v) is 5.96. The number of hydrogen-bond donors (Lipinski definition) is 2. The molecule has 0 radical (unpaired) electrons. The van der Waals surface area contributed by atoms with Crippen molar-refractivity contribution in [1.82, 2.24) is 9.80 Å². The molecule has 0 spiro atoms. The van der Waals surface area contributed by atoms with E-state index in [4.69, 9.17) is 4.74 Å². The molecule has 0 unspecified atom stereocenters. The van der Waals surface area contributed by atoms with Gasteiger partial charge >= 0.3 is 0 Å². The maximum Gasteiger partial charge on any atom is 0.238 e. The van der Waals surface area contributed by atoms with Crippen molar-refractivity contribution in [2.45, 2.75) is 33.7 Å². The van der Waals surface area contributed by atoms with Crippen molar-refractivity contribution in [3.8, 4) is 11.5 Å². The summed E-state index contributed by atoms with van der Waals surface area (Å²) in [5, 5.41) is 5.90. The lowest BCUT2D eigenvalue weighted by molar-refractivity contribution is -0.123. The molecule has 0 aliphatic rings. The van der Waals surface area contributed by atoms with Crippen molar-refractivity contribution < 1.29 is 14.3 Å². The highest BCUT2D eigenvalue weighted by molar-refractivity contribution is 5.94.